The Bertz CT molecular complexity index is 1110. The van der Waals surface area contributed by atoms with Crippen LogP contribution in [0.2, 0.25) is 0 Å². The third kappa shape index (κ3) is 5.31. The van der Waals surface area contributed by atoms with Crippen molar-refractivity contribution in [1.82, 2.24) is 9.55 Å². The number of para-hydroxylation sites is 2. The van der Waals surface area contributed by atoms with Crippen molar-refractivity contribution >= 4 is 34.8 Å². The van der Waals surface area contributed by atoms with Gasteiger partial charge in [-0.3, -0.25) is 14.4 Å². The largest absolute Gasteiger partial charge is 0.482 e. The highest BCUT2D eigenvalue weighted by molar-refractivity contribution is 5.99. The van der Waals surface area contributed by atoms with Crippen molar-refractivity contribution in [3.8, 4) is 5.75 Å². The van der Waals surface area contributed by atoms with Gasteiger partial charge < -0.3 is 24.8 Å². The summed E-state index contributed by atoms with van der Waals surface area (Å²) in [5.74, 6) is 0.0814. The highest BCUT2D eigenvalue weighted by Crippen LogP contribution is 2.31. The molecule has 3 amide bonds. The van der Waals surface area contributed by atoms with E-state index in [4.69, 9.17) is 4.74 Å². The van der Waals surface area contributed by atoms with Crippen molar-refractivity contribution in [2.75, 3.05) is 28.7 Å². The number of anilines is 3. The molecule has 0 fully saturated rings. The monoisotopic (exact) mass is 433 g/mol. The van der Waals surface area contributed by atoms with Crippen LogP contribution in [0.15, 0.2) is 67.3 Å². The number of ether oxygens (including phenoxy) is 1. The smallest absolute Gasteiger partial charge is 0.265 e. The molecule has 0 saturated carbocycles. The molecule has 2 N–H and O–H groups in total. The van der Waals surface area contributed by atoms with Gasteiger partial charge in [-0.2, -0.15) is 0 Å². The van der Waals surface area contributed by atoms with Crippen LogP contribution < -0.4 is 20.3 Å². The lowest BCUT2D eigenvalue weighted by Gasteiger charge is -2.29. The average Bonchev–Trinajstić information content (AvgIpc) is 3.31. The molecule has 1 aromatic heterocycles. The molecular formula is C23H23N5O4. The standard InChI is InChI=1S/C23H23N5O4/c29-21(8-11-27-13-10-24-16-27)25-17-4-3-5-18(14-17)26-22(30)9-12-28-19-6-1-2-7-20(19)32-15-23(28)31/h1-7,10,13-14,16H,8-9,11-12,15H2,(H,25,29)(H,26,30). The van der Waals surface area contributed by atoms with Crippen molar-refractivity contribution in [3.05, 3.63) is 67.3 Å². The first-order valence-corrected chi connectivity index (χ1v) is 10.3. The second kappa shape index (κ2) is 9.78. The van der Waals surface area contributed by atoms with Gasteiger partial charge in [0.25, 0.3) is 5.91 Å². The highest BCUT2D eigenvalue weighted by atomic mass is 16.5. The number of benzene rings is 2. The zero-order valence-electron chi connectivity index (χ0n) is 17.4. The molecule has 0 spiro atoms. The fourth-order valence-corrected chi connectivity index (χ4v) is 3.38. The molecule has 2 heterocycles. The van der Waals surface area contributed by atoms with Crippen LogP contribution in [-0.2, 0) is 20.9 Å². The van der Waals surface area contributed by atoms with Crippen LogP contribution in [0.5, 0.6) is 5.75 Å². The van der Waals surface area contributed by atoms with Crippen molar-refractivity contribution < 1.29 is 19.1 Å². The molecule has 0 radical (unpaired) electrons. The molecular weight excluding hydrogens is 410 g/mol. The minimum atomic E-state index is -0.231. The van der Waals surface area contributed by atoms with Crippen molar-refractivity contribution in [1.29, 1.82) is 0 Å². The molecule has 0 unspecified atom stereocenters. The van der Waals surface area contributed by atoms with Crippen LogP contribution in [0, 0.1) is 0 Å². The first-order valence-electron chi connectivity index (χ1n) is 10.3. The summed E-state index contributed by atoms with van der Waals surface area (Å²) in [7, 11) is 0. The number of carbonyl (C=O) groups excluding carboxylic acids is 3. The zero-order valence-corrected chi connectivity index (χ0v) is 17.4. The fourth-order valence-electron chi connectivity index (χ4n) is 3.38. The van der Waals surface area contributed by atoms with Gasteiger partial charge in [-0.05, 0) is 30.3 Å². The van der Waals surface area contributed by atoms with Gasteiger partial charge in [-0.15, -0.1) is 0 Å². The Balaban J connectivity index is 1.29. The summed E-state index contributed by atoms with van der Waals surface area (Å²) < 4.78 is 7.25. The number of hydrogen-bond acceptors (Lipinski definition) is 5. The van der Waals surface area contributed by atoms with E-state index in [1.54, 1.807) is 60.0 Å². The normalized spacial score (nSPS) is 12.6. The topological polar surface area (TPSA) is 106 Å². The van der Waals surface area contributed by atoms with Crippen LogP contribution in [0.25, 0.3) is 0 Å². The Morgan fingerprint density at radius 1 is 0.969 bits per heavy atom. The van der Waals surface area contributed by atoms with Gasteiger partial charge in [0, 0.05) is 49.7 Å². The number of fused-ring (bicyclic) bond motifs is 1. The van der Waals surface area contributed by atoms with E-state index < -0.39 is 0 Å². The molecule has 1 aliphatic heterocycles. The van der Waals surface area contributed by atoms with E-state index in [2.05, 4.69) is 15.6 Å². The summed E-state index contributed by atoms with van der Waals surface area (Å²) in [5, 5.41) is 5.64. The molecule has 0 aliphatic carbocycles. The number of aromatic nitrogens is 2. The molecule has 0 atom stereocenters. The van der Waals surface area contributed by atoms with Crippen molar-refractivity contribution in [2.24, 2.45) is 0 Å². The summed E-state index contributed by atoms with van der Waals surface area (Å²) in [4.78, 5) is 42.4. The number of rotatable bonds is 8. The maximum absolute atomic E-state index is 12.5. The third-order valence-corrected chi connectivity index (χ3v) is 4.96. The number of carbonyl (C=O) groups is 3. The molecule has 0 bridgehead atoms. The number of hydrogen-bond donors (Lipinski definition) is 2. The number of amides is 3. The first kappa shape index (κ1) is 21.1. The lowest BCUT2D eigenvalue weighted by atomic mass is 10.2. The number of nitrogens with one attached hydrogen (secondary N) is 2. The van der Waals surface area contributed by atoms with E-state index >= 15 is 0 Å². The van der Waals surface area contributed by atoms with Gasteiger partial charge in [0.05, 0.1) is 12.0 Å². The minimum Gasteiger partial charge on any atom is -0.482 e. The third-order valence-electron chi connectivity index (χ3n) is 4.96. The van der Waals surface area contributed by atoms with Gasteiger partial charge in [0.2, 0.25) is 11.8 Å². The van der Waals surface area contributed by atoms with E-state index in [0.717, 1.165) is 0 Å². The van der Waals surface area contributed by atoms with Crippen LogP contribution in [-0.4, -0.2) is 40.4 Å². The van der Waals surface area contributed by atoms with E-state index in [1.165, 1.54) is 0 Å². The summed E-state index contributed by atoms with van der Waals surface area (Å²) in [5.41, 5.74) is 1.82. The summed E-state index contributed by atoms with van der Waals surface area (Å²) in [6.07, 6.45) is 5.56. The number of nitrogens with zero attached hydrogens (tertiary/aromatic N) is 3. The van der Waals surface area contributed by atoms with Crippen molar-refractivity contribution in [3.63, 3.8) is 0 Å². The van der Waals surface area contributed by atoms with Gasteiger partial charge in [0.15, 0.2) is 6.61 Å². The Labute approximate surface area is 185 Å². The minimum absolute atomic E-state index is 0.0405. The van der Waals surface area contributed by atoms with Gasteiger partial charge in [-0.25, -0.2) is 4.98 Å². The first-order chi connectivity index (χ1) is 15.6. The fraction of sp³-hybridized carbons (Fsp3) is 0.217. The quantitative estimate of drug-likeness (QED) is 0.568. The number of aryl methyl sites for hydroxylation is 1. The molecule has 3 aromatic rings. The van der Waals surface area contributed by atoms with E-state index in [1.807, 2.05) is 16.7 Å². The molecule has 1 aliphatic rings. The lowest BCUT2D eigenvalue weighted by Crippen LogP contribution is -2.40. The molecule has 164 valence electrons. The van der Waals surface area contributed by atoms with Crippen LogP contribution in [0.3, 0.4) is 0 Å². The van der Waals surface area contributed by atoms with E-state index in [0.29, 0.717) is 35.8 Å². The van der Waals surface area contributed by atoms with Crippen LogP contribution >= 0.6 is 0 Å². The number of imidazole rings is 1. The SMILES string of the molecule is O=C(CCN1C(=O)COc2ccccc21)Nc1cccc(NC(=O)CCn2ccnc2)c1. The Morgan fingerprint density at radius 3 is 2.41 bits per heavy atom. The summed E-state index contributed by atoms with van der Waals surface area (Å²) in [6.45, 7) is 0.739. The highest BCUT2D eigenvalue weighted by Gasteiger charge is 2.25. The predicted molar refractivity (Wildman–Crippen MR) is 119 cm³/mol. The summed E-state index contributed by atoms with van der Waals surface area (Å²) in [6, 6.07) is 14.2. The second-order valence-electron chi connectivity index (χ2n) is 7.28. The Morgan fingerprint density at radius 2 is 1.69 bits per heavy atom. The average molecular weight is 433 g/mol. The molecule has 2 aromatic carbocycles. The zero-order chi connectivity index (χ0) is 22.3. The molecule has 32 heavy (non-hydrogen) atoms. The van der Waals surface area contributed by atoms with Crippen molar-refractivity contribution in [2.45, 2.75) is 19.4 Å². The van der Waals surface area contributed by atoms with Crippen LogP contribution in [0.4, 0.5) is 17.1 Å². The van der Waals surface area contributed by atoms with Crippen LogP contribution in [0.1, 0.15) is 12.8 Å². The van der Waals surface area contributed by atoms with Gasteiger partial charge in [-0.1, -0.05) is 18.2 Å². The maximum atomic E-state index is 12.5. The molecule has 4 rings (SSSR count). The molecule has 9 nitrogen and oxygen atoms in total. The Hall–Kier alpha value is -4.14. The second-order valence-corrected chi connectivity index (χ2v) is 7.28. The molecule has 0 saturated heterocycles. The Kier molecular flexibility index (Phi) is 6.45. The van der Waals surface area contributed by atoms with Gasteiger partial charge in [0.1, 0.15) is 5.75 Å². The lowest BCUT2D eigenvalue weighted by molar-refractivity contribution is -0.121. The predicted octanol–water partition coefficient (Wildman–Crippen LogP) is 2.67. The van der Waals surface area contributed by atoms with E-state index in [9.17, 15) is 14.4 Å². The molecule has 9 heteroatoms. The maximum Gasteiger partial charge on any atom is 0.265 e. The summed E-state index contributed by atoms with van der Waals surface area (Å²) >= 11 is 0. The van der Waals surface area contributed by atoms with E-state index in [-0.39, 0.29) is 37.3 Å². The van der Waals surface area contributed by atoms with Gasteiger partial charge >= 0.3 is 0 Å².